The van der Waals surface area contributed by atoms with Gasteiger partial charge in [0.25, 0.3) is 0 Å². The molecule has 2 heterocycles. The Morgan fingerprint density at radius 2 is 1.95 bits per heavy atom. The van der Waals surface area contributed by atoms with Crippen LogP contribution in [0.3, 0.4) is 0 Å². The van der Waals surface area contributed by atoms with Crippen LogP contribution in [0.4, 0.5) is 5.82 Å². The largest absolute Gasteiger partial charge is 0.372 e. The second-order valence-corrected chi connectivity index (χ2v) is 5.02. The van der Waals surface area contributed by atoms with Gasteiger partial charge in [-0.3, -0.25) is 10.1 Å². The summed E-state index contributed by atoms with van der Waals surface area (Å²) in [5.74, 6) is 0.857. The Morgan fingerprint density at radius 3 is 2.40 bits per heavy atom. The minimum Gasteiger partial charge on any atom is -0.372 e. The summed E-state index contributed by atoms with van der Waals surface area (Å²) in [6, 6.07) is 8.05. The normalized spacial score (nSPS) is 13.1. The lowest BCUT2D eigenvalue weighted by molar-refractivity contribution is 0.515. The number of pyridine rings is 1. The van der Waals surface area contributed by atoms with Gasteiger partial charge in [-0.2, -0.15) is 5.10 Å². The van der Waals surface area contributed by atoms with E-state index in [1.54, 1.807) is 0 Å². The van der Waals surface area contributed by atoms with Crippen molar-refractivity contribution in [3.8, 4) is 0 Å². The summed E-state index contributed by atoms with van der Waals surface area (Å²) < 4.78 is 0. The van der Waals surface area contributed by atoms with Crippen LogP contribution in [0.2, 0.25) is 0 Å². The molecule has 0 radical (unpaired) electrons. The van der Waals surface area contributed by atoms with E-state index in [4.69, 9.17) is 0 Å². The molecule has 0 saturated carbocycles. The molecule has 0 aliphatic carbocycles. The lowest BCUT2D eigenvalue weighted by atomic mass is 9.80. The Kier molecular flexibility index (Phi) is 6.22. The molecule has 1 atom stereocenters. The SMILES string of the molecule is CCC.CCC(C)(c1ccccn1)c1cc(NC)n[nH]1. The zero-order valence-electron chi connectivity index (χ0n) is 13.2. The third-order valence-corrected chi connectivity index (χ3v) is 3.37. The Balaban J connectivity index is 0.000000612. The highest BCUT2D eigenvalue weighted by Crippen LogP contribution is 2.33. The Bertz CT molecular complexity index is 492. The number of aromatic nitrogens is 3. The van der Waals surface area contributed by atoms with E-state index in [2.05, 4.69) is 54.3 Å². The third-order valence-electron chi connectivity index (χ3n) is 3.37. The Hall–Kier alpha value is -1.84. The lowest BCUT2D eigenvalue weighted by Crippen LogP contribution is -2.24. The molecule has 4 nitrogen and oxygen atoms in total. The molecule has 0 bridgehead atoms. The van der Waals surface area contributed by atoms with Crippen LogP contribution in [-0.2, 0) is 5.41 Å². The summed E-state index contributed by atoms with van der Waals surface area (Å²) in [5.41, 5.74) is 2.03. The average Bonchev–Trinajstić information content (AvgIpc) is 2.97. The number of nitrogens with zero attached hydrogens (tertiary/aromatic N) is 2. The summed E-state index contributed by atoms with van der Waals surface area (Å²) in [7, 11) is 1.87. The average molecular weight is 274 g/mol. The smallest absolute Gasteiger partial charge is 0.147 e. The molecule has 0 fully saturated rings. The van der Waals surface area contributed by atoms with Crippen molar-refractivity contribution in [3.05, 3.63) is 41.9 Å². The predicted octanol–water partition coefficient (Wildman–Crippen LogP) is 3.98. The molecule has 2 aromatic rings. The van der Waals surface area contributed by atoms with E-state index in [9.17, 15) is 0 Å². The summed E-state index contributed by atoms with van der Waals surface area (Å²) in [4.78, 5) is 4.46. The minimum atomic E-state index is -0.122. The van der Waals surface area contributed by atoms with E-state index in [-0.39, 0.29) is 5.41 Å². The Labute approximate surface area is 122 Å². The van der Waals surface area contributed by atoms with Crippen LogP contribution in [0.25, 0.3) is 0 Å². The van der Waals surface area contributed by atoms with Crippen molar-refractivity contribution in [1.82, 2.24) is 15.2 Å². The van der Waals surface area contributed by atoms with Gasteiger partial charge in [0.15, 0.2) is 0 Å². The number of hydrogen-bond acceptors (Lipinski definition) is 3. The minimum absolute atomic E-state index is 0.122. The second-order valence-electron chi connectivity index (χ2n) is 5.02. The molecule has 1 unspecified atom stereocenters. The van der Waals surface area contributed by atoms with Crippen LogP contribution in [0.5, 0.6) is 0 Å². The van der Waals surface area contributed by atoms with Crippen molar-refractivity contribution in [1.29, 1.82) is 0 Å². The van der Waals surface area contributed by atoms with Crippen molar-refractivity contribution in [2.75, 3.05) is 12.4 Å². The highest BCUT2D eigenvalue weighted by atomic mass is 15.2. The molecule has 0 saturated heterocycles. The van der Waals surface area contributed by atoms with Gasteiger partial charge in [-0.15, -0.1) is 0 Å². The standard InChI is InChI=1S/C13H18N4.C3H8/c1-4-13(2,10-7-5-6-8-15-10)11-9-12(14-3)17-16-11;1-3-2/h5-9H,4H2,1-3H3,(H2,14,16,17);3H2,1-2H3. The number of rotatable bonds is 4. The summed E-state index contributed by atoms with van der Waals surface area (Å²) in [6.45, 7) is 8.59. The molecule has 0 amide bonds. The molecule has 2 rings (SSSR count). The van der Waals surface area contributed by atoms with E-state index in [1.807, 2.05) is 31.4 Å². The van der Waals surface area contributed by atoms with Gasteiger partial charge in [0.1, 0.15) is 5.82 Å². The van der Waals surface area contributed by atoms with Crippen molar-refractivity contribution in [3.63, 3.8) is 0 Å². The fraction of sp³-hybridized carbons (Fsp3) is 0.500. The van der Waals surface area contributed by atoms with Gasteiger partial charge >= 0.3 is 0 Å². The zero-order valence-corrected chi connectivity index (χ0v) is 13.2. The van der Waals surface area contributed by atoms with Crippen LogP contribution < -0.4 is 5.32 Å². The monoisotopic (exact) mass is 274 g/mol. The highest BCUT2D eigenvalue weighted by Gasteiger charge is 2.30. The van der Waals surface area contributed by atoms with Gasteiger partial charge in [-0.05, 0) is 25.5 Å². The maximum Gasteiger partial charge on any atom is 0.147 e. The first kappa shape index (κ1) is 16.2. The molecule has 2 aromatic heterocycles. The van der Waals surface area contributed by atoms with Crippen LogP contribution in [0, 0.1) is 0 Å². The maximum atomic E-state index is 4.46. The van der Waals surface area contributed by atoms with E-state index in [0.717, 1.165) is 23.6 Å². The second kappa shape index (κ2) is 7.68. The maximum absolute atomic E-state index is 4.46. The summed E-state index contributed by atoms with van der Waals surface area (Å²) in [6.07, 6.45) is 4.05. The fourth-order valence-electron chi connectivity index (χ4n) is 1.93. The molecule has 20 heavy (non-hydrogen) atoms. The van der Waals surface area contributed by atoms with Crippen LogP contribution in [0.15, 0.2) is 30.5 Å². The molecule has 0 spiro atoms. The quantitative estimate of drug-likeness (QED) is 0.886. The molecule has 0 aliphatic heterocycles. The van der Waals surface area contributed by atoms with E-state index in [0.29, 0.717) is 0 Å². The van der Waals surface area contributed by atoms with E-state index >= 15 is 0 Å². The molecule has 2 N–H and O–H groups in total. The number of aromatic amines is 1. The van der Waals surface area contributed by atoms with Crippen molar-refractivity contribution in [2.45, 2.75) is 46.0 Å². The van der Waals surface area contributed by atoms with Gasteiger partial charge in [0, 0.05) is 25.0 Å². The Morgan fingerprint density at radius 1 is 1.25 bits per heavy atom. The molecule has 0 aliphatic rings. The molecule has 0 aromatic carbocycles. The van der Waals surface area contributed by atoms with Gasteiger partial charge in [-0.25, -0.2) is 0 Å². The summed E-state index contributed by atoms with van der Waals surface area (Å²) in [5, 5.41) is 10.3. The number of H-pyrrole nitrogens is 1. The lowest BCUT2D eigenvalue weighted by Gasteiger charge is -2.25. The first-order valence-electron chi connectivity index (χ1n) is 7.27. The molecular formula is C16H26N4. The highest BCUT2D eigenvalue weighted by molar-refractivity contribution is 5.40. The van der Waals surface area contributed by atoms with Crippen LogP contribution in [-0.4, -0.2) is 22.2 Å². The van der Waals surface area contributed by atoms with Crippen molar-refractivity contribution >= 4 is 5.82 Å². The zero-order chi connectivity index (χ0) is 15.0. The van der Waals surface area contributed by atoms with Crippen molar-refractivity contribution in [2.24, 2.45) is 0 Å². The first-order valence-corrected chi connectivity index (χ1v) is 7.27. The summed E-state index contributed by atoms with van der Waals surface area (Å²) >= 11 is 0. The van der Waals surface area contributed by atoms with Crippen LogP contribution >= 0.6 is 0 Å². The number of anilines is 1. The fourth-order valence-corrected chi connectivity index (χ4v) is 1.93. The third kappa shape index (κ3) is 3.59. The predicted molar refractivity (Wildman–Crippen MR) is 85.1 cm³/mol. The number of nitrogens with one attached hydrogen (secondary N) is 2. The first-order chi connectivity index (χ1) is 9.62. The molecule has 110 valence electrons. The van der Waals surface area contributed by atoms with Gasteiger partial charge < -0.3 is 5.32 Å². The topological polar surface area (TPSA) is 53.6 Å². The van der Waals surface area contributed by atoms with Crippen molar-refractivity contribution < 1.29 is 0 Å². The molecular weight excluding hydrogens is 248 g/mol. The van der Waals surface area contributed by atoms with Gasteiger partial charge in [0.2, 0.25) is 0 Å². The van der Waals surface area contributed by atoms with Gasteiger partial charge in [-0.1, -0.05) is 33.3 Å². The van der Waals surface area contributed by atoms with E-state index < -0.39 is 0 Å². The van der Waals surface area contributed by atoms with E-state index in [1.165, 1.54) is 6.42 Å². The van der Waals surface area contributed by atoms with Gasteiger partial charge in [0.05, 0.1) is 11.1 Å². The molecule has 4 heteroatoms. The van der Waals surface area contributed by atoms with Crippen LogP contribution in [0.1, 0.15) is 51.9 Å². The number of hydrogen-bond donors (Lipinski definition) is 2.